The molecule has 3 rings (SSSR count). The number of benzene rings is 1. The predicted octanol–water partition coefficient (Wildman–Crippen LogP) is 3.87. The summed E-state index contributed by atoms with van der Waals surface area (Å²) < 4.78 is 5.64. The molecule has 1 aromatic carbocycles. The average Bonchev–Trinajstić information content (AvgIpc) is 3.05. The molecule has 2 aromatic rings. The van der Waals surface area contributed by atoms with E-state index in [0.717, 1.165) is 24.1 Å². The molecule has 1 aliphatic rings. The van der Waals surface area contributed by atoms with Crippen LogP contribution in [0.25, 0.3) is 0 Å². The molecule has 1 fully saturated rings. The average molecular weight is 388 g/mol. The van der Waals surface area contributed by atoms with Crippen LogP contribution >= 0.6 is 11.3 Å². The minimum absolute atomic E-state index is 0.00987. The van der Waals surface area contributed by atoms with Crippen molar-refractivity contribution in [2.24, 2.45) is 0 Å². The summed E-state index contributed by atoms with van der Waals surface area (Å²) in [6, 6.07) is 7.29. The van der Waals surface area contributed by atoms with Crippen LogP contribution in [0.2, 0.25) is 0 Å². The highest BCUT2D eigenvalue weighted by molar-refractivity contribution is 7.15. The Morgan fingerprint density at radius 2 is 1.89 bits per heavy atom. The maximum atomic E-state index is 12.5. The van der Waals surface area contributed by atoms with Crippen LogP contribution in [-0.2, 0) is 4.79 Å². The van der Waals surface area contributed by atoms with Gasteiger partial charge in [0.1, 0.15) is 5.75 Å². The number of aromatic nitrogens is 1. The Morgan fingerprint density at radius 3 is 2.48 bits per heavy atom. The number of hydrogen-bond donors (Lipinski definition) is 1. The van der Waals surface area contributed by atoms with E-state index < -0.39 is 0 Å². The van der Waals surface area contributed by atoms with Crippen molar-refractivity contribution in [3.05, 3.63) is 40.9 Å². The largest absolute Gasteiger partial charge is 0.484 e. The lowest BCUT2D eigenvalue weighted by Gasteiger charge is -2.38. The van der Waals surface area contributed by atoms with E-state index in [4.69, 9.17) is 4.74 Å². The third kappa shape index (κ3) is 4.86. The summed E-state index contributed by atoms with van der Waals surface area (Å²) in [5, 5.41) is 3.35. The zero-order valence-electron chi connectivity index (χ0n) is 15.9. The second-order valence-electron chi connectivity index (χ2n) is 6.97. The molecule has 1 aromatic heterocycles. The fourth-order valence-electron chi connectivity index (χ4n) is 3.42. The number of likely N-dealkylation sites (tertiary alicyclic amines) is 1. The number of ether oxygens (including phenoxy) is 1. The number of nitrogens with zero attached hydrogens (tertiary/aromatic N) is 2. The maximum absolute atomic E-state index is 12.5. The van der Waals surface area contributed by atoms with Crippen LogP contribution in [0.4, 0.5) is 5.13 Å². The molecule has 2 amide bonds. The number of carbonyl (C=O) groups excluding carboxylic acids is 2. The molecule has 0 aliphatic carbocycles. The lowest BCUT2D eigenvalue weighted by Crippen LogP contribution is -2.49. The van der Waals surface area contributed by atoms with Gasteiger partial charge in [0.25, 0.3) is 11.8 Å². The molecule has 2 heterocycles. The first-order chi connectivity index (χ1) is 12.9. The van der Waals surface area contributed by atoms with E-state index in [9.17, 15) is 9.59 Å². The summed E-state index contributed by atoms with van der Waals surface area (Å²) in [7, 11) is 0. The van der Waals surface area contributed by atoms with Crippen LogP contribution in [0.3, 0.4) is 0 Å². The SMILES string of the molecule is Cc1cnc(NC(=O)c2ccc(OCC(=O)N3[C@@H](C)CCC[C@@H]3C)cc2)s1. The van der Waals surface area contributed by atoms with Crippen molar-refractivity contribution in [1.82, 2.24) is 9.88 Å². The van der Waals surface area contributed by atoms with E-state index in [2.05, 4.69) is 24.1 Å². The van der Waals surface area contributed by atoms with Crippen LogP contribution in [0.15, 0.2) is 30.5 Å². The number of aryl methyl sites for hydroxylation is 1. The van der Waals surface area contributed by atoms with Crippen molar-refractivity contribution < 1.29 is 14.3 Å². The Balaban J connectivity index is 1.54. The summed E-state index contributed by atoms with van der Waals surface area (Å²) in [4.78, 5) is 31.8. The smallest absolute Gasteiger partial charge is 0.260 e. The minimum Gasteiger partial charge on any atom is -0.484 e. The number of anilines is 1. The third-order valence-electron chi connectivity index (χ3n) is 4.80. The number of nitrogens with one attached hydrogen (secondary N) is 1. The van der Waals surface area contributed by atoms with Gasteiger partial charge in [0.2, 0.25) is 0 Å². The zero-order chi connectivity index (χ0) is 19.4. The van der Waals surface area contributed by atoms with E-state index in [1.807, 2.05) is 11.8 Å². The molecule has 1 N–H and O–H groups in total. The minimum atomic E-state index is -0.219. The Hall–Kier alpha value is -2.41. The van der Waals surface area contributed by atoms with Gasteiger partial charge in [-0.3, -0.25) is 14.9 Å². The Kier molecular flexibility index (Phi) is 6.11. The van der Waals surface area contributed by atoms with Gasteiger partial charge in [0.05, 0.1) is 0 Å². The molecule has 1 saturated heterocycles. The van der Waals surface area contributed by atoms with Crippen molar-refractivity contribution in [1.29, 1.82) is 0 Å². The quantitative estimate of drug-likeness (QED) is 0.845. The van der Waals surface area contributed by atoms with Crippen molar-refractivity contribution in [3.63, 3.8) is 0 Å². The summed E-state index contributed by atoms with van der Waals surface area (Å²) in [5.74, 6) is 0.362. The molecule has 1 aliphatic heterocycles. The molecule has 0 saturated carbocycles. The molecule has 0 spiro atoms. The molecule has 0 unspecified atom stereocenters. The number of rotatable bonds is 5. The molecule has 0 bridgehead atoms. The summed E-state index contributed by atoms with van der Waals surface area (Å²) in [6.07, 6.45) is 4.96. The fraction of sp³-hybridized carbons (Fsp3) is 0.450. The highest BCUT2D eigenvalue weighted by Crippen LogP contribution is 2.23. The van der Waals surface area contributed by atoms with E-state index in [0.29, 0.717) is 16.4 Å². The predicted molar refractivity (Wildman–Crippen MR) is 106 cm³/mol. The van der Waals surface area contributed by atoms with Crippen LogP contribution in [-0.4, -0.2) is 40.4 Å². The van der Waals surface area contributed by atoms with Gasteiger partial charge in [-0.05, 0) is 64.3 Å². The zero-order valence-corrected chi connectivity index (χ0v) is 16.7. The third-order valence-corrected chi connectivity index (χ3v) is 5.63. The standard InChI is InChI=1S/C20H25N3O3S/c1-13-5-4-6-14(2)23(13)18(24)12-26-17-9-7-16(8-10-17)19(25)22-20-21-11-15(3)27-20/h7-11,13-14H,4-6,12H2,1-3H3,(H,21,22,25)/t13-,14-/m0/s1. The van der Waals surface area contributed by atoms with Crippen molar-refractivity contribution in [2.45, 2.75) is 52.1 Å². The first kappa shape index (κ1) is 19.4. The van der Waals surface area contributed by atoms with Gasteiger partial charge in [0.15, 0.2) is 11.7 Å². The van der Waals surface area contributed by atoms with Gasteiger partial charge < -0.3 is 9.64 Å². The van der Waals surface area contributed by atoms with Crippen molar-refractivity contribution in [2.75, 3.05) is 11.9 Å². The first-order valence-electron chi connectivity index (χ1n) is 9.22. The number of amides is 2. The van der Waals surface area contributed by atoms with Crippen LogP contribution in [0.1, 0.15) is 48.3 Å². The van der Waals surface area contributed by atoms with Crippen LogP contribution in [0.5, 0.6) is 5.75 Å². The highest BCUT2D eigenvalue weighted by atomic mass is 32.1. The number of piperidine rings is 1. The van der Waals surface area contributed by atoms with Gasteiger partial charge in [0, 0.05) is 28.7 Å². The van der Waals surface area contributed by atoms with Gasteiger partial charge in [-0.1, -0.05) is 0 Å². The van der Waals surface area contributed by atoms with E-state index in [-0.39, 0.29) is 30.5 Å². The molecule has 6 nitrogen and oxygen atoms in total. The van der Waals surface area contributed by atoms with Gasteiger partial charge in [-0.25, -0.2) is 4.98 Å². The van der Waals surface area contributed by atoms with Crippen LogP contribution < -0.4 is 10.1 Å². The summed E-state index contributed by atoms with van der Waals surface area (Å²) in [6.45, 7) is 6.13. The van der Waals surface area contributed by atoms with E-state index in [1.54, 1.807) is 30.5 Å². The van der Waals surface area contributed by atoms with Crippen molar-refractivity contribution >= 4 is 28.3 Å². The molecule has 7 heteroatoms. The normalized spacial score (nSPS) is 19.6. The Labute approximate surface area is 163 Å². The molecule has 27 heavy (non-hydrogen) atoms. The lowest BCUT2D eigenvalue weighted by molar-refractivity contribution is -0.139. The molecular formula is C20H25N3O3S. The van der Waals surface area contributed by atoms with Gasteiger partial charge in [-0.2, -0.15) is 0 Å². The lowest BCUT2D eigenvalue weighted by atomic mass is 9.97. The van der Waals surface area contributed by atoms with Crippen molar-refractivity contribution in [3.8, 4) is 5.75 Å². The molecule has 0 radical (unpaired) electrons. The first-order valence-corrected chi connectivity index (χ1v) is 10.0. The highest BCUT2D eigenvalue weighted by Gasteiger charge is 2.28. The van der Waals surface area contributed by atoms with Gasteiger partial charge >= 0.3 is 0 Å². The monoisotopic (exact) mass is 387 g/mol. The number of thiazole rings is 1. The second-order valence-corrected chi connectivity index (χ2v) is 8.21. The maximum Gasteiger partial charge on any atom is 0.260 e. The summed E-state index contributed by atoms with van der Waals surface area (Å²) >= 11 is 1.43. The van der Waals surface area contributed by atoms with Crippen LogP contribution in [0, 0.1) is 6.92 Å². The summed E-state index contributed by atoms with van der Waals surface area (Å²) in [5.41, 5.74) is 0.514. The molecular weight excluding hydrogens is 362 g/mol. The second kappa shape index (κ2) is 8.52. The Bertz CT molecular complexity index is 793. The number of carbonyl (C=O) groups is 2. The molecule has 2 atom stereocenters. The van der Waals surface area contributed by atoms with E-state index in [1.165, 1.54) is 11.3 Å². The van der Waals surface area contributed by atoms with E-state index >= 15 is 0 Å². The number of hydrogen-bond acceptors (Lipinski definition) is 5. The molecule has 144 valence electrons. The topological polar surface area (TPSA) is 71.5 Å². The Morgan fingerprint density at radius 1 is 1.22 bits per heavy atom. The fourth-order valence-corrected chi connectivity index (χ4v) is 4.08. The van der Waals surface area contributed by atoms with Gasteiger partial charge in [-0.15, -0.1) is 11.3 Å².